The highest BCUT2D eigenvalue weighted by Gasteiger charge is 2.20. The molecule has 0 aliphatic rings. The van der Waals surface area contributed by atoms with Gasteiger partial charge in [0.1, 0.15) is 5.60 Å². The zero-order valence-corrected chi connectivity index (χ0v) is 11.2. The van der Waals surface area contributed by atoms with Crippen LogP contribution in [0.1, 0.15) is 18.1 Å². The normalized spacial score (nSPS) is 14.0. The highest BCUT2D eigenvalue weighted by Crippen LogP contribution is 2.05. The van der Waals surface area contributed by atoms with Gasteiger partial charge in [-0.1, -0.05) is 29.8 Å². The molecule has 0 spiro atoms. The first kappa shape index (κ1) is 14.7. The quantitative estimate of drug-likeness (QED) is 0.794. The summed E-state index contributed by atoms with van der Waals surface area (Å²) >= 11 is 0. The number of rotatable bonds is 6. The molecule has 1 rings (SSSR count). The molecule has 0 aliphatic heterocycles. The van der Waals surface area contributed by atoms with Gasteiger partial charge in [0.2, 0.25) is 5.91 Å². The minimum Gasteiger partial charge on any atom is -0.386 e. The largest absolute Gasteiger partial charge is 0.386 e. The summed E-state index contributed by atoms with van der Waals surface area (Å²) in [6.07, 6.45) is 0.324. The number of aliphatic hydroxyl groups is 1. The predicted molar refractivity (Wildman–Crippen MR) is 70.4 cm³/mol. The average Bonchev–Trinajstić information content (AvgIpc) is 2.26. The Morgan fingerprint density at radius 3 is 2.83 bits per heavy atom. The highest BCUT2D eigenvalue weighted by molar-refractivity contribution is 5.78. The standard InChI is InChI=1S/C14H21NO3/c1-11-5-4-6-12(7-11)8-13(16)15-9-14(2,17)10-18-3/h4-7,17H,8-10H2,1-3H3,(H,15,16). The van der Waals surface area contributed by atoms with Gasteiger partial charge in [0.05, 0.1) is 13.0 Å². The maximum atomic E-state index is 11.7. The van der Waals surface area contributed by atoms with Gasteiger partial charge in [0.25, 0.3) is 0 Å². The maximum Gasteiger partial charge on any atom is 0.224 e. The lowest BCUT2D eigenvalue weighted by molar-refractivity contribution is -0.122. The van der Waals surface area contributed by atoms with Crippen molar-refractivity contribution in [1.82, 2.24) is 5.32 Å². The van der Waals surface area contributed by atoms with Gasteiger partial charge in [0, 0.05) is 13.7 Å². The van der Waals surface area contributed by atoms with Crippen molar-refractivity contribution in [3.63, 3.8) is 0 Å². The SMILES string of the molecule is COCC(C)(O)CNC(=O)Cc1cccc(C)c1. The van der Waals surface area contributed by atoms with E-state index in [9.17, 15) is 9.90 Å². The van der Waals surface area contributed by atoms with E-state index in [0.29, 0.717) is 6.42 Å². The second-order valence-corrected chi connectivity index (χ2v) is 4.87. The van der Waals surface area contributed by atoms with E-state index in [2.05, 4.69) is 5.32 Å². The van der Waals surface area contributed by atoms with Gasteiger partial charge < -0.3 is 15.2 Å². The lowest BCUT2D eigenvalue weighted by Gasteiger charge is -2.22. The zero-order valence-electron chi connectivity index (χ0n) is 11.2. The fraction of sp³-hybridized carbons (Fsp3) is 0.500. The van der Waals surface area contributed by atoms with Gasteiger partial charge in [-0.15, -0.1) is 0 Å². The molecule has 1 atom stereocenters. The van der Waals surface area contributed by atoms with Crippen LogP contribution in [0.15, 0.2) is 24.3 Å². The van der Waals surface area contributed by atoms with E-state index in [-0.39, 0.29) is 19.1 Å². The zero-order chi connectivity index (χ0) is 13.6. The van der Waals surface area contributed by atoms with Crippen molar-refractivity contribution in [2.75, 3.05) is 20.3 Å². The smallest absolute Gasteiger partial charge is 0.224 e. The summed E-state index contributed by atoms with van der Waals surface area (Å²) in [6.45, 7) is 4.00. The number of hydrogen-bond donors (Lipinski definition) is 2. The second kappa shape index (κ2) is 6.52. The molecule has 0 fully saturated rings. The van der Waals surface area contributed by atoms with Gasteiger partial charge in [0.15, 0.2) is 0 Å². The Morgan fingerprint density at radius 1 is 1.50 bits per heavy atom. The first-order chi connectivity index (χ1) is 8.43. The third-order valence-electron chi connectivity index (χ3n) is 2.57. The van der Waals surface area contributed by atoms with Crippen molar-refractivity contribution >= 4 is 5.91 Å². The van der Waals surface area contributed by atoms with E-state index in [4.69, 9.17) is 4.74 Å². The third-order valence-corrected chi connectivity index (χ3v) is 2.57. The Labute approximate surface area is 108 Å². The molecule has 100 valence electrons. The summed E-state index contributed by atoms with van der Waals surface area (Å²) in [5, 5.41) is 12.5. The lowest BCUT2D eigenvalue weighted by atomic mass is 10.1. The Bertz CT molecular complexity index is 402. The van der Waals surface area contributed by atoms with Crippen LogP contribution in [0.2, 0.25) is 0 Å². The topological polar surface area (TPSA) is 58.6 Å². The van der Waals surface area contributed by atoms with Crippen LogP contribution >= 0.6 is 0 Å². The number of amides is 1. The molecule has 1 aromatic rings. The molecule has 4 nitrogen and oxygen atoms in total. The molecule has 1 amide bonds. The molecular formula is C14H21NO3. The van der Waals surface area contributed by atoms with E-state index in [1.54, 1.807) is 6.92 Å². The van der Waals surface area contributed by atoms with Crippen LogP contribution in [-0.2, 0) is 16.0 Å². The van der Waals surface area contributed by atoms with Crippen LogP contribution < -0.4 is 5.32 Å². The molecule has 0 saturated carbocycles. The molecule has 1 aromatic carbocycles. The molecular weight excluding hydrogens is 230 g/mol. The molecule has 1 unspecified atom stereocenters. The number of aryl methyl sites for hydroxylation is 1. The summed E-state index contributed by atoms with van der Waals surface area (Å²) < 4.78 is 4.87. The second-order valence-electron chi connectivity index (χ2n) is 4.87. The van der Waals surface area contributed by atoms with Crippen molar-refractivity contribution < 1.29 is 14.6 Å². The molecule has 2 N–H and O–H groups in total. The summed E-state index contributed by atoms with van der Waals surface area (Å²) in [6, 6.07) is 7.82. The van der Waals surface area contributed by atoms with Crippen LogP contribution in [0.4, 0.5) is 0 Å². The Morgan fingerprint density at radius 2 is 2.22 bits per heavy atom. The number of carbonyl (C=O) groups is 1. The van der Waals surface area contributed by atoms with Crippen molar-refractivity contribution in [3.8, 4) is 0 Å². The summed E-state index contributed by atoms with van der Waals surface area (Å²) in [5.41, 5.74) is 1.07. The summed E-state index contributed by atoms with van der Waals surface area (Å²) in [5.74, 6) is -0.100. The van der Waals surface area contributed by atoms with Crippen LogP contribution in [0.3, 0.4) is 0 Å². The average molecular weight is 251 g/mol. The van der Waals surface area contributed by atoms with Crippen LogP contribution in [0, 0.1) is 6.92 Å². The van der Waals surface area contributed by atoms with Gasteiger partial charge >= 0.3 is 0 Å². The molecule has 0 saturated heterocycles. The van der Waals surface area contributed by atoms with Gasteiger partial charge in [-0.25, -0.2) is 0 Å². The van der Waals surface area contributed by atoms with E-state index in [1.165, 1.54) is 7.11 Å². The number of nitrogens with one attached hydrogen (secondary N) is 1. The van der Waals surface area contributed by atoms with Gasteiger partial charge in [-0.2, -0.15) is 0 Å². The van der Waals surface area contributed by atoms with E-state index >= 15 is 0 Å². The lowest BCUT2D eigenvalue weighted by Crippen LogP contribution is -2.44. The molecule has 0 aromatic heterocycles. The number of carbonyl (C=O) groups excluding carboxylic acids is 1. The summed E-state index contributed by atoms with van der Waals surface area (Å²) in [4.78, 5) is 11.7. The van der Waals surface area contributed by atoms with Crippen molar-refractivity contribution in [2.45, 2.75) is 25.9 Å². The number of benzene rings is 1. The van der Waals surface area contributed by atoms with Crippen molar-refractivity contribution in [3.05, 3.63) is 35.4 Å². The number of ether oxygens (including phenoxy) is 1. The molecule has 18 heavy (non-hydrogen) atoms. The first-order valence-electron chi connectivity index (χ1n) is 5.96. The number of hydrogen-bond acceptors (Lipinski definition) is 3. The van der Waals surface area contributed by atoms with Gasteiger partial charge in [-0.3, -0.25) is 4.79 Å². The van der Waals surface area contributed by atoms with Crippen LogP contribution in [0.25, 0.3) is 0 Å². The highest BCUT2D eigenvalue weighted by atomic mass is 16.5. The van der Waals surface area contributed by atoms with E-state index in [0.717, 1.165) is 11.1 Å². The first-order valence-corrected chi connectivity index (χ1v) is 5.96. The van der Waals surface area contributed by atoms with Crippen LogP contribution in [0.5, 0.6) is 0 Å². The van der Waals surface area contributed by atoms with Crippen LogP contribution in [-0.4, -0.2) is 36.9 Å². The maximum absolute atomic E-state index is 11.7. The summed E-state index contributed by atoms with van der Waals surface area (Å²) in [7, 11) is 1.52. The Kier molecular flexibility index (Phi) is 5.31. The number of methoxy groups -OCH3 is 1. The Balaban J connectivity index is 2.43. The fourth-order valence-electron chi connectivity index (χ4n) is 1.72. The van der Waals surface area contributed by atoms with Gasteiger partial charge in [-0.05, 0) is 19.4 Å². The van der Waals surface area contributed by atoms with E-state index in [1.807, 2.05) is 31.2 Å². The molecule has 0 heterocycles. The molecule has 0 radical (unpaired) electrons. The third kappa shape index (κ3) is 5.29. The van der Waals surface area contributed by atoms with Crippen molar-refractivity contribution in [2.24, 2.45) is 0 Å². The monoisotopic (exact) mass is 251 g/mol. The fourth-order valence-corrected chi connectivity index (χ4v) is 1.72. The minimum atomic E-state index is -1.03. The molecule has 4 heteroatoms. The molecule has 0 aliphatic carbocycles. The predicted octanol–water partition coefficient (Wildman–Crippen LogP) is 1.05. The van der Waals surface area contributed by atoms with E-state index < -0.39 is 5.60 Å². The Hall–Kier alpha value is -1.39. The van der Waals surface area contributed by atoms with Crippen molar-refractivity contribution in [1.29, 1.82) is 0 Å². The molecule has 0 bridgehead atoms. The minimum absolute atomic E-state index is 0.100.